The SMILES string of the molecule is COC(=O)c1cc(N)cc(Cl)c1N1CCCC(C)C1C. The quantitative estimate of drug-likeness (QED) is 0.672. The normalized spacial score (nSPS) is 22.7. The Labute approximate surface area is 124 Å². The van der Waals surface area contributed by atoms with Gasteiger partial charge in [-0.05, 0) is 37.8 Å². The molecule has 1 aromatic rings. The molecule has 0 aliphatic carbocycles. The third-order valence-electron chi connectivity index (χ3n) is 4.15. The number of anilines is 2. The maximum Gasteiger partial charge on any atom is 0.340 e. The summed E-state index contributed by atoms with van der Waals surface area (Å²) in [6, 6.07) is 3.65. The highest BCUT2D eigenvalue weighted by molar-refractivity contribution is 6.34. The minimum Gasteiger partial charge on any atom is -0.465 e. The molecule has 0 spiro atoms. The Balaban J connectivity index is 2.51. The third-order valence-corrected chi connectivity index (χ3v) is 4.44. The summed E-state index contributed by atoms with van der Waals surface area (Å²) in [6.07, 6.45) is 2.28. The van der Waals surface area contributed by atoms with Crippen LogP contribution >= 0.6 is 11.6 Å². The lowest BCUT2D eigenvalue weighted by Gasteiger charge is -2.40. The van der Waals surface area contributed by atoms with Crippen LogP contribution in [0.5, 0.6) is 0 Å². The summed E-state index contributed by atoms with van der Waals surface area (Å²) in [5, 5.41) is 0.506. The van der Waals surface area contributed by atoms with E-state index in [1.54, 1.807) is 12.1 Å². The number of benzene rings is 1. The molecule has 1 aliphatic heterocycles. The van der Waals surface area contributed by atoms with Gasteiger partial charge in [0.15, 0.2) is 0 Å². The molecular formula is C15H21ClN2O2. The lowest BCUT2D eigenvalue weighted by atomic mass is 9.91. The second-order valence-electron chi connectivity index (χ2n) is 5.44. The Kier molecular flexibility index (Phi) is 4.43. The molecule has 1 saturated heterocycles. The average Bonchev–Trinajstić information content (AvgIpc) is 2.41. The number of piperidine rings is 1. The van der Waals surface area contributed by atoms with Gasteiger partial charge in [0.1, 0.15) is 0 Å². The van der Waals surface area contributed by atoms with E-state index in [4.69, 9.17) is 22.1 Å². The first-order valence-corrected chi connectivity index (χ1v) is 7.27. The van der Waals surface area contributed by atoms with Crippen molar-refractivity contribution in [1.82, 2.24) is 0 Å². The van der Waals surface area contributed by atoms with Crippen LogP contribution in [0, 0.1) is 5.92 Å². The fourth-order valence-electron chi connectivity index (χ4n) is 2.83. The number of hydrogen-bond acceptors (Lipinski definition) is 4. The zero-order chi connectivity index (χ0) is 14.9. The Morgan fingerprint density at radius 2 is 2.15 bits per heavy atom. The molecule has 2 rings (SSSR count). The van der Waals surface area contributed by atoms with Crippen molar-refractivity contribution in [2.24, 2.45) is 5.92 Å². The molecule has 0 bridgehead atoms. The zero-order valence-corrected chi connectivity index (χ0v) is 12.9. The molecule has 20 heavy (non-hydrogen) atoms. The van der Waals surface area contributed by atoms with Crippen molar-refractivity contribution in [3.8, 4) is 0 Å². The summed E-state index contributed by atoms with van der Waals surface area (Å²) in [5.41, 5.74) is 7.46. The van der Waals surface area contributed by atoms with E-state index in [9.17, 15) is 4.79 Å². The maximum atomic E-state index is 12.0. The highest BCUT2D eigenvalue weighted by Crippen LogP contribution is 2.37. The van der Waals surface area contributed by atoms with E-state index in [2.05, 4.69) is 18.7 Å². The predicted molar refractivity (Wildman–Crippen MR) is 82.4 cm³/mol. The first-order chi connectivity index (χ1) is 9.45. The number of hydrogen-bond donors (Lipinski definition) is 1. The predicted octanol–water partition coefficient (Wildman–Crippen LogP) is 3.33. The van der Waals surface area contributed by atoms with Gasteiger partial charge in [-0.2, -0.15) is 0 Å². The number of esters is 1. The molecule has 4 nitrogen and oxygen atoms in total. The van der Waals surface area contributed by atoms with Crippen LogP contribution in [0.2, 0.25) is 5.02 Å². The molecule has 0 amide bonds. The number of methoxy groups -OCH3 is 1. The lowest BCUT2D eigenvalue weighted by molar-refractivity contribution is 0.0601. The third kappa shape index (κ3) is 2.70. The van der Waals surface area contributed by atoms with E-state index in [1.807, 2.05) is 0 Å². The van der Waals surface area contributed by atoms with Crippen LogP contribution < -0.4 is 10.6 Å². The van der Waals surface area contributed by atoms with E-state index in [-0.39, 0.29) is 0 Å². The van der Waals surface area contributed by atoms with Crippen molar-refractivity contribution in [2.75, 3.05) is 24.3 Å². The summed E-state index contributed by atoms with van der Waals surface area (Å²) in [6.45, 7) is 5.27. The summed E-state index contributed by atoms with van der Waals surface area (Å²) in [7, 11) is 1.37. The highest BCUT2D eigenvalue weighted by atomic mass is 35.5. The summed E-state index contributed by atoms with van der Waals surface area (Å²) in [4.78, 5) is 14.2. The minimum absolute atomic E-state index is 0.327. The standard InChI is InChI=1S/C15H21ClN2O2/c1-9-5-4-6-18(10(9)2)14-12(15(19)20-3)7-11(17)8-13(14)16/h7-10H,4-6,17H2,1-3H3. The van der Waals surface area contributed by atoms with Crippen molar-refractivity contribution in [3.63, 3.8) is 0 Å². The Morgan fingerprint density at radius 1 is 1.45 bits per heavy atom. The lowest BCUT2D eigenvalue weighted by Crippen LogP contribution is -2.43. The van der Waals surface area contributed by atoms with Gasteiger partial charge in [0, 0.05) is 18.3 Å². The second-order valence-corrected chi connectivity index (χ2v) is 5.85. The van der Waals surface area contributed by atoms with Crippen molar-refractivity contribution in [2.45, 2.75) is 32.7 Å². The molecule has 2 N–H and O–H groups in total. The first kappa shape index (κ1) is 15.0. The van der Waals surface area contributed by atoms with Gasteiger partial charge < -0.3 is 15.4 Å². The fourth-order valence-corrected chi connectivity index (χ4v) is 3.16. The van der Waals surface area contributed by atoms with Crippen LogP contribution in [0.15, 0.2) is 12.1 Å². The second kappa shape index (κ2) is 5.92. The van der Waals surface area contributed by atoms with Crippen LogP contribution in [0.4, 0.5) is 11.4 Å². The van der Waals surface area contributed by atoms with Crippen LogP contribution in [0.1, 0.15) is 37.0 Å². The Bertz CT molecular complexity index is 519. The molecule has 1 heterocycles. The molecule has 1 aromatic carbocycles. The molecule has 1 fully saturated rings. The van der Waals surface area contributed by atoms with Crippen molar-refractivity contribution >= 4 is 28.9 Å². The Hall–Kier alpha value is -1.42. The maximum absolute atomic E-state index is 12.0. The van der Waals surface area contributed by atoms with Crippen LogP contribution in [0.25, 0.3) is 0 Å². The fraction of sp³-hybridized carbons (Fsp3) is 0.533. The number of nitrogen functional groups attached to an aromatic ring is 1. The van der Waals surface area contributed by atoms with E-state index in [0.29, 0.717) is 28.2 Å². The summed E-state index contributed by atoms with van der Waals surface area (Å²) >= 11 is 6.35. The molecule has 2 unspecified atom stereocenters. The largest absolute Gasteiger partial charge is 0.465 e. The van der Waals surface area contributed by atoms with Gasteiger partial charge in [-0.25, -0.2) is 4.79 Å². The summed E-state index contributed by atoms with van der Waals surface area (Å²) < 4.78 is 4.86. The van der Waals surface area contributed by atoms with E-state index < -0.39 is 5.97 Å². The first-order valence-electron chi connectivity index (χ1n) is 6.89. The van der Waals surface area contributed by atoms with Gasteiger partial charge in [-0.1, -0.05) is 18.5 Å². The van der Waals surface area contributed by atoms with Crippen LogP contribution in [-0.4, -0.2) is 25.7 Å². The topological polar surface area (TPSA) is 55.6 Å². The van der Waals surface area contributed by atoms with E-state index >= 15 is 0 Å². The number of rotatable bonds is 2. The number of halogens is 1. The van der Waals surface area contributed by atoms with Gasteiger partial charge in [-0.3, -0.25) is 0 Å². The van der Waals surface area contributed by atoms with Crippen LogP contribution in [-0.2, 0) is 4.74 Å². The summed E-state index contributed by atoms with van der Waals surface area (Å²) in [5.74, 6) is 0.155. The van der Waals surface area contributed by atoms with Gasteiger partial charge in [0.05, 0.1) is 23.4 Å². The van der Waals surface area contributed by atoms with Gasteiger partial charge in [0.2, 0.25) is 0 Å². The highest BCUT2D eigenvalue weighted by Gasteiger charge is 2.29. The number of carbonyl (C=O) groups excluding carboxylic acids is 1. The number of carbonyl (C=O) groups is 1. The minimum atomic E-state index is -0.403. The molecule has 1 aliphatic rings. The molecule has 0 aromatic heterocycles. The van der Waals surface area contributed by atoms with E-state index in [0.717, 1.165) is 18.7 Å². The smallest absolute Gasteiger partial charge is 0.340 e. The molecule has 0 radical (unpaired) electrons. The van der Waals surface area contributed by atoms with Crippen molar-refractivity contribution < 1.29 is 9.53 Å². The van der Waals surface area contributed by atoms with Crippen molar-refractivity contribution in [1.29, 1.82) is 0 Å². The van der Waals surface area contributed by atoms with Gasteiger partial charge in [-0.15, -0.1) is 0 Å². The Morgan fingerprint density at radius 3 is 2.80 bits per heavy atom. The average molecular weight is 297 g/mol. The van der Waals surface area contributed by atoms with E-state index in [1.165, 1.54) is 13.5 Å². The monoisotopic (exact) mass is 296 g/mol. The number of nitrogens with zero attached hydrogens (tertiary/aromatic N) is 1. The van der Waals surface area contributed by atoms with Crippen molar-refractivity contribution in [3.05, 3.63) is 22.7 Å². The molecule has 2 atom stereocenters. The molecule has 0 saturated carbocycles. The van der Waals surface area contributed by atoms with Crippen LogP contribution in [0.3, 0.4) is 0 Å². The number of ether oxygens (including phenoxy) is 1. The number of nitrogens with two attached hydrogens (primary N) is 1. The molecule has 110 valence electrons. The van der Waals surface area contributed by atoms with Gasteiger partial charge in [0.25, 0.3) is 0 Å². The molecular weight excluding hydrogens is 276 g/mol. The molecule has 5 heteroatoms. The van der Waals surface area contributed by atoms with Gasteiger partial charge >= 0.3 is 5.97 Å². The zero-order valence-electron chi connectivity index (χ0n) is 12.1.